The van der Waals surface area contributed by atoms with Crippen LogP contribution in [0.3, 0.4) is 0 Å². The Morgan fingerprint density at radius 3 is 2.73 bits per heavy atom. The summed E-state index contributed by atoms with van der Waals surface area (Å²) in [6, 6.07) is 5.37. The van der Waals surface area contributed by atoms with Gasteiger partial charge in [0.2, 0.25) is 0 Å². The van der Waals surface area contributed by atoms with E-state index in [0.717, 1.165) is 32.3 Å². The zero-order valence-corrected chi connectivity index (χ0v) is 17.8. The number of hydrogen-bond acceptors (Lipinski definition) is 6. The monoisotopic (exact) mass is 422 g/mol. The molecule has 30 heavy (non-hydrogen) atoms. The van der Waals surface area contributed by atoms with Crippen molar-refractivity contribution in [1.82, 2.24) is 24.3 Å². The van der Waals surface area contributed by atoms with Gasteiger partial charge in [-0.3, -0.25) is 4.98 Å². The molecule has 4 aromatic heterocycles. The first-order valence-electron chi connectivity index (χ1n) is 10.4. The molecular weight excluding hydrogens is 399 g/mol. The Morgan fingerprint density at radius 2 is 1.93 bits per heavy atom. The molecule has 6 heterocycles. The minimum Gasteiger partial charge on any atom is -0.359 e. The molecule has 0 spiro atoms. The van der Waals surface area contributed by atoms with Crippen LogP contribution >= 0.6 is 11.3 Å². The van der Waals surface area contributed by atoms with E-state index < -0.39 is 0 Å². The fraction of sp³-hybridized carbons (Fsp3) is 0.409. The minimum absolute atomic E-state index is 0.341. The predicted molar refractivity (Wildman–Crippen MR) is 118 cm³/mol. The summed E-state index contributed by atoms with van der Waals surface area (Å²) in [5.74, 6) is -0.342. The van der Waals surface area contributed by atoms with Crippen LogP contribution in [0.25, 0.3) is 27.1 Å². The molecule has 2 saturated heterocycles. The summed E-state index contributed by atoms with van der Waals surface area (Å²) in [6.45, 7) is 1.86. The molecule has 3 atom stereocenters. The number of aryl methyl sites for hydroxylation is 1. The highest BCUT2D eigenvalue weighted by Gasteiger charge is 2.38. The number of fused-ring (bicyclic) bond motifs is 4. The van der Waals surface area contributed by atoms with E-state index in [4.69, 9.17) is 4.98 Å². The fourth-order valence-electron chi connectivity index (χ4n) is 5.07. The molecule has 4 aromatic rings. The van der Waals surface area contributed by atoms with Crippen LogP contribution in [0.1, 0.15) is 31.4 Å². The number of pyridine rings is 2. The molecule has 2 aliphatic rings. The van der Waals surface area contributed by atoms with Crippen molar-refractivity contribution in [3.05, 3.63) is 42.2 Å². The molecule has 0 aromatic carbocycles. The number of nitrogens with one attached hydrogen (secondary N) is 1. The van der Waals surface area contributed by atoms with Crippen LogP contribution in [-0.4, -0.2) is 49.4 Å². The SMILES string of the molecule is Cc1cn2cc(-c3cc4sc(NC5C[C@H]6CC[C@@H](C5)N6C)nc4cn3)cc(F)c2n1. The third kappa shape index (κ3) is 2.97. The number of nitrogens with zero attached hydrogens (tertiary/aromatic N) is 5. The molecule has 6 rings (SSSR count). The zero-order chi connectivity index (χ0) is 20.4. The van der Waals surface area contributed by atoms with Crippen molar-refractivity contribution in [2.75, 3.05) is 12.4 Å². The number of piperidine rings is 1. The van der Waals surface area contributed by atoms with Gasteiger partial charge in [0, 0.05) is 36.1 Å². The van der Waals surface area contributed by atoms with E-state index in [1.807, 2.05) is 25.4 Å². The molecule has 1 N–H and O–H groups in total. The third-order valence-electron chi connectivity index (χ3n) is 6.62. The summed E-state index contributed by atoms with van der Waals surface area (Å²) in [5, 5.41) is 4.62. The smallest absolute Gasteiger partial charge is 0.184 e. The number of imidazole rings is 1. The molecule has 0 radical (unpaired) electrons. The summed E-state index contributed by atoms with van der Waals surface area (Å²) < 4.78 is 17.3. The van der Waals surface area contributed by atoms with Crippen LogP contribution in [-0.2, 0) is 0 Å². The standard InChI is InChI=1S/C22H23FN6S/c1-12-10-29-11-13(5-17(23)21(29)25-12)18-8-20-19(9-24-18)27-22(30-20)26-14-6-15-3-4-16(7-14)28(15)2/h5,8-11,14-16H,3-4,6-7H2,1-2H3,(H,26,27)/t14?,15-,16+. The summed E-state index contributed by atoms with van der Waals surface area (Å²) in [6.07, 6.45) is 10.5. The molecule has 2 bridgehead atoms. The highest BCUT2D eigenvalue weighted by atomic mass is 32.1. The number of thiazole rings is 1. The Labute approximate surface area is 177 Å². The number of halogens is 1. The average Bonchev–Trinajstić information content (AvgIpc) is 3.34. The first-order chi connectivity index (χ1) is 14.5. The van der Waals surface area contributed by atoms with Gasteiger partial charge in [-0.2, -0.15) is 0 Å². The molecule has 2 aliphatic heterocycles. The van der Waals surface area contributed by atoms with Gasteiger partial charge in [-0.05, 0) is 51.8 Å². The molecule has 0 amide bonds. The van der Waals surface area contributed by atoms with Crippen molar-refractivity contribution in [3.8, 4) is 11.3 Å². The number of aromatic nitrogens is 4. The van der Waals surface area contributed by atoms with Gasteiger partial charge in [-0.25, -0.2) is 14.4 Å². The quantitative estimate of drug-likeness (QED) is 0.527. The van der Waals surface area contributed by atoms with Gasteiger partial charge in [0.25, 0.3) is 0 Å². The number of anilines is 1. The largest absolute Gasteiger partial charge is 0.359 e. The number of hydrogen-bond donors (Lipinski definition) is 1. The van der Waals surface area contributed by atoms with Crippen LogP contribution in [0.2, 0.25) is 0 Å². The van der Waals surface area contributed by atoms with Gasteiger partial charge >= 0.3 is 0 Å². The maximum atomic E-state index is 14.5. The van der Waals surface area contributed by atoms with E-state index in [-0.39, 0.29) is 5.82 Å². The lowest BCUT2D eigenvalue weighted by Gasteiger charge is -2.36. The van der Waals surface area contributed by atoms with E-state index in [1.54, 1.807) is 21.9 Å². The topological polar surface area (TPSA) is 58.4 Å². The van der Waals surface area contributed by atoms with Crippen LogP contribution in [0.5, 0.6) is 0 Å². The maximum Gasteiger partial charge on any atom is 0.184 e. The lowest BCUT2D eigenvalue weighted by Crippen LogP contribution is -2.44. The van der Waals surface area contributed by atoms with Gasteiger partial charge in [0.1, 0.15) is 5.52 Å². The van der Waals surface area contributed by atoms with Crippen LogP contribution in [0.15, 0.2) is 30.7 Å². The van der Waals surface area contributed by atoms with Crippen LogP contribution in [0.4, 0.5) is 9.52 Å². The Kier molecular flexibility index (Phi) is 4.08. The molecule has 8 heteroatoms. The van der Waals surface area contributed by atoms with Gasteiger partial charge < -0.3 is 14.6 Å². The maximum absolute atomic E-state index is 14.5. The summed E-state index contributed by atoms with van der Waals surface area (Å²) in [7, 11) is 2.26. The van der Waals surface area contributed by atoms with Crippen LogP contribution in [0, 0.1) is 12.7 Å². The fourth-order valence-corrected chi connectivity index (χ4v) is 6.03. The van der Waals surface area contributed by atoms with E-state index in [2.05, 4.69) is 27.2 Å². The van der Waals surface area contributed by atoms with Crippen molar-refractivity contribution in [3.63, 3.8) is 0 Å². The predicted octanol–water partition coefficient (Wildman–Crippen LogP) is 4.49. The molecular formula is C22H23FN6S. The second kappa shape index (κ2) is 6.72. The van der Waals surface area contributed by atoms with E-state index in [9.17, 15) is 4.39 Å². The van der Waals surface area contributed by atoms with Crippen molar-refractivity contribution in [2.45, 2.75) is 50.7 Å². The van der Waals surface area contributed by atoms with Gasteiger partial charge in [-0.15, -0.1) is 0 Å². The zero-order valence-electron chi connectivity index (χ0n) is 17.0. The lowest BCUT2D eigenvalue weighted by atomic mass is 9.98. The Morgan fingerprint density at radius 1 is 1.13 bits per heavy atom. The van der Waals surface area contributed by atoms with Crippen molar-refractivity contribution >= 4 is 32.3 Å². The van der Waals surface area contributed by atoms with Gasteiger partial charge in [0.05, 0.1) is 22.3 Å². The highest BCUT2D eigenvalue weighted by Crippen LogP contribution is 2.37. The summed E-state index contributed by atoms with van der Waals surface area (Å²) in [4.78, 5) is 16.1. The Balaban J connectivity index is 1.29. The second-order valence-corrected chi connectivity index (χ2v) is 9.64. The molecule has 154 valence electrons. The molecule has 0 saturated carbocycles. The first-order valence-corrected chi connectivity index (χ1v) is 11.3. The van der Waals surface area contributed by atoms with Crippen molar-refractivity contribution < 1.29 is 4.39 Å². The number of rotatable bonds is 3. The Bertz CT molecular complexity index is 1250. The lowest BCUT2D eigenvalue weighted by molar-refractivity contribution is 0.169. The normalized spacial score (nSPS) is 24.2. The Hall–Kier alpha value is -2.58. The van der Waals surface area contributed by atoms with Crippen LogP contribution < -0.4 is 5.32 Å². The summed E-state index contributed by atoms with van der Waals surface area (Å²) >= 11 is 1.65. The second-order valence-electron chi connectivity index (χ2n) is 8.61. The molecule has 2 fully saturated rings. The highest BCUT2D eigenvalue weighted by molar-refractivity contribution is 7.22. The first kappa shape index (κ1) is 18.2. The molecule has 1 unspecified atom stereocenters. The van der Waals surface area contributed by atoms with Crippen molar-refractivity contribution in [1.29, 1.82) is 0 Å². The average molecular weight is 423 g/mol. The molecule has 6 nitrogen and oxygen atoms in total. The summed E-state index contributed by atoms with van der Waals surface area (Å²) in [5.41, 5.74) is 3.47. The van der Waals surface area contributed by atoms with E-state index >= 15 is 0 Å². The molecule has 0 aliphatic carbocycles. The van der Waals surface area contributed by atoms with Gasteiger partial charge in [-0.1, -0.05) is 11.3 Å². The minimum atomic E-state index is -0.342. The van der Waals surface area contributed by atoms with E-state index in [1.165, 1.54) is 31.7 Å². The van der Waals surface area contributed by atoms with Crippen molar-refractivity contribution in [2.24, 2.45) is 0 Å². The van der Waals surface area contributed by atoms with E-state index in [0.29, 0.717) is 23.8 Å². The third-order valence-corrected chi connectivity index (χ3v) is 7.57. The van der Waals surface area contributed by atoms with Gasteiger partial charge in [0.15, 0.2) is 16.6 Å².